The molecule has 150 valence electrons. The molecule has 0 fully saturated rings. The summed E-state index contributed by atoms with van der Waals surface area (Å²) in [6.45, 7) is 0.397. The summed E-state index contributed by atoms with van der Waals surface area (Å²) < 4.78 is 5.66. The lowest BCUT2D eigenvalue weighted by Gasteiger charge is -2.04. The maximum atomic E-state index is 12.3. The van der Waals surface area contributed by atoms with Gasteiger partial charge in [0.25, 0.3) is 5.91 Å². The van der Waals surface area contributed by atoms with E-state index < -0.39 is 11.9 Å². The van der Waals surface area contributed by atoms with E-state index in [-0.39, 0.29) is 16.2 Å². The average Bonchev–Trinajstić information content (AvgIpc) is 3.21. The van der Waals surface area contributed by atoms with Crippen LogP contribution in [-0.4, -0.2) is 23.5 Å². The highest BCUT2D eigenvalue weighted by atomic mass is 35.5. The van der Waals surface area contributed by atoms with Crippen LogP contribution in [0.5, 0.6) is 0 Å². The minimum absolute atomic E-state index is 0.0434. The summed E-state index contributed by atoms with van der Waals surface area (Å²) in [6, 6.07) is 19.3. The Morgan fingerprint density at radius 3 is 2.60 bits per heavy atom. The molecule has 0 radical (unpaired) electrons. The summed E-state index contributed by atoms with van der Waals surface area (Å²) in [5.74, 6) is -0.952. The number of nitriles is 1. The van der Waals surface area contributed by atoms with Gasteiger partial charge in [0.15, 0.2) is 0 Å². The zero-order valence-corrected chi connectivity index (χ0v) is 16.5. The minimum Gasteiger partial charge on any atom is -0.478 e. The molecule has 1 amide bonds. The maximum absolute atomic E-state index is 12.3. The molecule has 0 spiro atoms. The summed E-state index contributed by atoms with van der Waals surface area (Å²) in [4.78, 5) is 23.5. The molecule has 0 saturated heterocycles. The quantitative estimate of drug-likeness (QED) is 0.430. The molecular formula is C23H17ClN2O4. The molecule has 3 aromatic rings. The summed E-state index contributed by atoms with van der Waals surface area (Å²) in [7, 11) is 0. The molecule has 2 N–H and O–H groups in total. The monoisotopic (exact) mass is 420 g/mol. The van der Waals surface area contributed by atoms with Crippen LogP contribution >= 0.6 is 11.6 Å². The standard InChI is InChI=1S/C23H17ClN2O4/c24-20-8-6-16(13-19(20)23(28)29)21-9-7-18(30-21)12-17(14-25)22(27)26-11-10-15-4-2-1-3-5-15/h1-9,12-13H,10-11H2,(H,26,27)(H,28,29)/b17-12+. The van der Waals surface area contributed by atoms with Gasteiger partial charge in [0.2, 0.25) is 0 Å². The van der Waals surface area contributed by atoms with Crippen molar-refractivity contribution in [3.63, 3.8) is 0 Å². The Bertz CT molecular complexity index is 1140. The molecule has 6 nitrogen and oxygen atoms in total. The molecule has 0 unspecified atom stereocenters. The molecule has 1 aromatic heterocycles. The van der Waals surface area contributed by atoms with Crippen molar-refractivity contribution >= 4 is 29.6 Å². The molecule has 0 aliphatic heterocycles. The third kappa shape index (κ3) is 5.16. The number of hydrogen-bond acceptors (Lipinski definition) is 4. The zero-order valence-electron chi connectivity index (χ0n) is 15.8. The highest BCUT2D eigenvalue weighted by molar-refractivity contribution is 6.33. The second kappa shape index (κ2) is 9.59. The van der Waals surface area contributed by atoms with Gasteiger partial charge in [-0.3, -0.25) is 4.79 Å². The topological polar surface area (TPSA) is 103 Å². The van der Waals surface area contributed by atoms with Gasteiger partial charge in [-0.25, -0.2) is 4.79 Å². The van der Waals surface area contributed by atoms with E-state index >= 15 is 0 Å². The van der Waals surface area contributed by atoms with Gasteiger partial charge in [-0.15, -0.1) is 0 Å². The van der Waals surface area contributed by atoms with E-state index in [9.17, 15) is 20.0 Å². The number of rotatable bonds is 7. The fourth-order valence-electron chi connectivity index (χ4n) is 2.78. The number of carboxylic acid groups (broad SMARTS) is 1. The van der Waals surface area contributed by atoms with Gasteiger partial charge in [0, 0.05) is 18.2 Å². The highest BCUT2D eigenvalue weighted by Gasteiger charge is 2.14. The lowest BCUT2D eigenvalue weighted by Crippen LogP contribution is -2.26. The number of carboxylic acids is 1. The fraction of sp³-hybridized carbons (Fsp3) is 0.0870. The van der Waals surface area contributed by atoms with Crippen molar-refractivity contribution in [1.82, 2.24) is 5.32 Å². The molecule has 1 heterocycles. The Kier molecular flexibility index (Phi) is 6.68. The van der Waals surface area contributed by atoms with Crippen LogP contribution in [0.15, 0.2) is 70.7 Å². The van der Waals surface area contributed by atoms with Crippen LogP contribution < -0.4 is 5.32 Å². The number of carbonyl (C=O) groups excluding carboxylic acids is 1. The van der Waals surface area contributed by atoms with Crippen molar-refractivity contribution in [2.45, 2.75) is 6.42 Å². The van der Waals surface area contributed by atoms with Crippen LogP contribution in [0.2, 0.25) is 5.02 Å². The van der Waals surface area contributed by atoms with E-state index in [1.54, 1.807) is 18.2 Å². The third-order valence-electron chi connectivity index (χ3n) is 4.30. The Hall–Kier alpha value is -3.82. The van der Waals surface area contributed by atoms with E-state index in [2.05, 4.69) is 5.32 Å². The SMILES string of the molecule is N#C/C(=C\c1ccc(-c2ccc(Cl)c(C(=O)O)c2)o1)C(=O)NCCc1ccccc1. The van der Waals surface area contributed by atoms with E-state index in [1.165, 1.54) is 18.2 Å². The summed E-state index contributed by atoms with van der Waals surface area (Å²) in [6.07, 6.45) is 1.99. The van der Waals surface area contributed by atoms with Crippen molar-refractivity contribution in [3.8, 4) is 17.4 Å². The molecule has 7 heteroatoms. The molecule has 0 atom stereocenters. The molecule has 0 aliphatic rings. The van der Waals surface area contributed by atoms with Gasteiger partial charge in [-0.05, 0) is 42.3 Å². The molecule has 3 rings (SSSR count). The summed E-state index contributed by atoms with van der Waals surface area (Å²) >= 11 is 5.89. The van der Waals surface area contributed by atoms with Crippen molar-refractivity contribution in [1.29, 1.82) is 5.26 Å². The van der Waals surface area contributed by atoms with Gasteiger partial charge in [0.1, 0.15) is 23.2 Å². The Morgan fingerprint density at radius 2 is 1.90 bits per heavy atom. The van der Waals surface area contributed by atoms with E-state index in [0.717, 1.165) is 5.56 Å². The molecule has 30 heavy (non-hydrogen) atoms. The number of hydrogen-bond donors (Lipinski definition) is 2. The number of nitrogens with one attached hydrogen (secondary N) is 1. The van der Waals surface area contributed by atoms with E-state index in [0.29, 0.717) is 30.0 Å². The average molecular weight is 421 g/mol. The van der Waals surface area contributed by atoms with Gasteiger partial charge < -0.3 is 14.8 Å². The Labute approximate surface area is 178 Å². The van der Waals surface area contributed by atoms with Crippen LogP contribution in [-0.2, 0) is 11.2 Å². The number of carbonyl (C=O) groups is 2. The van der Waals surface area contributed by atoms with Crippen LogP contribution in [0, 0.1) is 11.3 Å². The predicted molar refractivity (Wildman–Crippen MR) is 113 cm³/mol. The molecule has 2 aromatic carbocycles. The van der Waals surface area contributed by atoms with Crippen LogP contribution in [0.1, 0.15) is 21.7 Å². The van der Waals surface area contributed by atoms with Crippen molar-refractivity contribution in [3.05, 3.63) is 88.1 Å². The fourth-order valence-corrected chi connectivity index (χ4v) is 2.98. The lowest BCUT2D eigenvalue weighted by atomic mass is 10.1. The number of halogens is 1. The predicted octanol–water partition coefficient (Wildman–Crippen LogP) is 4.56. The first-order valence-electron chi connectivity index (χ1n) is 9.05. The van der Waals surface area contributed by atoms with Gasteiger partial charge in [-0.2, -0.15) is 5.26 Å². The first-order valence-corrected chi connectivity index (χ1v) is 9.42. The normalized spacial score (nSPS) is 11.0. The number of amides is 1. The molecular weight excluding hydrogens is 404 g/mol. The molecule has 0 saturated carbocycles. The van der Waals surface area contributed by atoms with Crippen LogP contribution in [0.3, 0.4) is 0 Å². The summed E-state index contributed by atoms with van der Waals surface area (Å²) in [5, 5.41) is 21.4. The van der Waals surface area contributed by atoms with Crippen molar-refractivity contribution in [2.75, 3.05) is 6.54 Å². The highest BCUT2D eigenvalue weighted by Crippen LogP contribution is 2.27. The number of furan rings is 1. The second-order valence-electron chi connectivity index (χ2n) is 6.36. The lowest BCUT2D eigenvalue weighted by molar-refractivity contribution is -0.117. The zero-order chi connectivity index (χ0) is 21.5. The maximum Gasteiger partial charge on any atom is 0.337 e. The van der Waals surface area contributed by atoms with E-state index in [4.69, 9.17) is 16.0 Å². The van der Waals surface area contributed by atoms with Crippen LogP contribution in [0.4, 0.5) is 0 Å². The Balaban J connectivity index is 1.70. The van der Waals surface area contributed by atoms with Crippen LogP contribution in [0.25, 0.3) is 17.4 Å². The number of nitrogens with zero attached hydrogens (tertiary/aromatic N) is 1. The molecule has 0 bridgehead atoms. The Morgan fingerprint density at radius 1 is 1.13 bits per heavy atom. The largest absolute Gasteiger partial charge is 0.478 e. The smallest absolute Gasteiger partial charge is 0.337 e. The van der Waals surface area contributed by atoms with Gasteiger partial charge in [0.05, 0.1) is 10.6 Å². The van der Waals surface area contributed by atoms with E-state index in [1.807, 2.05) is 36.4 Å². The van der Waals surface area contributed by atoms with Crippen molar-refractivity contribution < 1.29 is 19.1 Å². The second-order valence-corrected chi connectivity index (χ2v) is 6.77. The minimum atomic E-state index is -1.15. The number of aromatic carboxylic acids is 1. The third-order valence-corrected chi connectivity index (χ3v) is 4.63. The first-order chi connectivity index (χ1) is 14.5. The summed E-state index contributed by atoms with van der Waals surface area (Å²) in [5.41, 5.74) is 1.46. The first kappa shape index (κ1) is 20.9. The van der Waals surface area contributed by atoms with Gasteiger partial charge in [-0.1, -0.05) is 41.9 Å². The van der Waals surface area contributed by atoms with Gasteiger partial charge >= 0.3 is 5.97 Å². The molecule has 0 aliphatic carbocycles. The number of benzene rings is 2. The van der Waals surface area contributed by atoms with Crippen molar-refractivity contribution in [2.24, 2.45) is 0 Å².